The number of hydrogen-bond acceptors (Lipinski definition) is 0. The fourth-order valence-electron chi connectivity index (χ4n) is 0. The van der Waals surface area contributed by atoms with Crippen LogP contribution in [0, 0.1) is 0 Å². The molecule has 0 saturated heterocycles. The quantitative estimate of drug-likeness (QED) is 0.351. The molecule has 0 aliphatic heterocycles. The van der Waals surface area contributed by atoms with Crippen LogP contribution in [0.2, 0.25) is 0 Å². The van der Waals surface area contributed by atoms with Crippen molar-refractivity contribution in [2.24, 2.45) is 0 Å². The summed E-state index contributed by atoms with van der Waals surface area (Å²) in [4.78, 5) is 0. The van der Waals surface area contributed by atoms with Crippen LogP contribution < -0.4 is 0 Å². The molecule has 4 heteroatoms. The third-order valence-corrected chi connectivity index (χ3v) is 0. The number of rotatable bonds is 0. The zero-order valence-corrected chi connectivity index (χ0v) is 7.34. The van der Waals surface area contributed by atoms with Gasteiger partial charge in [-0.05, 0) is 0 Å². The molecule has 0 heterocycles. The Bertz CT molecular complexity index is 8.00. The van der Waals surface area contributed by atoms with E-state index in [0.717, 1.165) is 0 Å². The minimum absolute atomic E-state index is 0. The molecule has 0 atom stereocenters. The molecular weight excluding hydrogens is 408 g/mol. The van der Waals surface area contributed by atoms with Gasteiger partial charge in [0.15, 0.2) is 0 Å². The van der Waals surface area contributed by atoms with Crippen LogP contribution in [0.5, 0.6) is 0 Å². The molecule has 0 spiro atoms. The first-order valence-electron chi connectivity index (χ1n) is 0. The van der Waals surface area contributed by atoms with E-state index in [9.17, 15) is 0 Å². The first kappa shape index (κ1) is 25.7. The summed E-state index contributed by atoms with van der Waals surface area (Å²) in [6.45, 7) is 0. The molecule has 0 aromatic heterocycles. The van der Waals surface area contributed by atoms with Gasteiger partial charge in [0.2, 0.25) is 0 Å². The molecule has 0 unspecified atom stereocenters. The molecular formula is H10BaGaSbSe. The van der Waals surface area contributed by atoms with Gasteiger partial charge in [-0.1, -0.05) is 0 Å². The standard InChI is InChI=1S/Ba.Ga.Sb.H2Se.8H/h;;;1H2;;;;;;;;. The molecule has 0 radical (unpaired) electrons. The van der Waals surface area contributed by atoms with Crippen molar-refractivity contribution in [1.29, 1.82) is 0 Å². The minimum atomic E-state index is 0. The van der Waals surface area contributed by atoms with Crippen molar-refractivity contribution in [1.82, 2.24) is 0 Å². The average molecular weight is 418 g/mol. The second-order valence-electron chi connectivity index (χ2n) is 0. The van der Waals surface area contributed by atoms with E-state index in [0.29, 0.717) is 0 Å². The summed E-state index contributed by atoms with van der Waals surface area (Å²) in [5.41, 5.74) is 0. The molecule has 0 aromatic carbocycles. The predicted molar refractivity (Wildman–Crippen MR) is 37.0 cm³/mol. The molecule has 0 amide bonds. The van der Waals surface area contributed by atoms with E-state index in [1.54, 1.807) is 0 Å². The predicted octanol–water partition coefficient (Wildman–Crippen LogP) is -4.20. The molecule has 4 heavy (non-hydrogen) atoms. The van der Waals surface area contributed by atoms with Crippen molar-refractivity contribution in [3.8, 4) is 0 Å². The molecule has 26 valence electrons. The fraction of sp³-hybridized carbons (Fsp3) is 0. The zero-order valence-electron chi connectivity index (χ0n) is 1.21. The van der Waals surface area contributed by atoms with Crippen LogP contribution in [0.25, 0.3) is 0 Å². The molecule has 0 aromatic rings. The van der Waals surface area contributed by atoms with Gasteiger partial charge in [-0.3, -0.25) is 0 Å². The van der Waals surface area contributed by atoms with E-state index < -0.39 is 0 Å². The molecule has 0 fully saturated rings. The van der Waals surface area contributed by atoms with Crippen molar-refractivity contribution < 1.29 is 0 Å². The molecule has 0 rings (SSSR count). The Morgan fingerprint density at radius 1 is 1.00 bits per heavy atom. The Labute approximate surface area is 107 Å². The zero-order chi connectivity index (χ0) is 0. The van der Waals surface area contributed by atoms with Crippen molar-refractivity contribution in [3.05, 3.63) is 0 Å². The van der Waals surface area contributed by atoms with E-state index in [2.05, 4.69) is 0 Å². The second-order valence-corrected chi connectivity index (χ2v) is 0. The monoisotopic (exact) mass is 418 g/mol. The third-order valence-electron chi connectivity index (χ3n) is 0. The van der Waals surface area contributed by atoms with Gasteiger partial charge in [-0.25, -0.2) is 0 Å². The summed E-state index contributed by atoms with van der Waals surface area (Å²) in [7, 11) is 0. The van der Waals surface area contributed by atoms with Crippen LogP contribution in [0.4, 0.5) is 0 Å². The van der Waals surface area contributed by atoms with Crippen molar-refractivity contribution in [2.75, 3.05) is 0 Å². The summed E-state index contributed by atoms with van der Waals surface area (Å²) < 4.78 is 0. The molecule has 0 aliphatic carbocycles. The van der Waals surface area contributed by atoms with Crippen molar-refractivity contribution in [3.63, 3.8) is 0 Å². The van der Waals surface area contributed by atoms with Crippen LogP contribution in [-0.4, -0.2) is 110 Å². The van der Waals surface area contributed by atoms with Gasteiger partial charge in [0.05, 0.1) is 0 Å². The van der Waals surface area contributed by atoms with E-state index in [-0.39, 0.29) is 110 Å². The molecule has 0 aliphatic rings. The van der Waals surface area contributed by atoms with E-state index >= 15 is 0 Å². The first-order valence-corrected chi connectivity index (χ1v) is 0. The van der Waals surface area contributed by atoms with E-state index in [1.807, 2.05) is 0 Å². The molecule has 0 saturated carbocycles. The van der Waals surface area contributed by atoms with Gasteiger partial charge in [0.1, 0.15) is 0 Å². The van der Waals surface area contributed by atoms with Crippen LogP contribution in [0.1, 0.15) is 0 Å². The summed E-state index contributed by atoms with van der Waals surface area (Å²) in [5.74, 6) is 0. The van der Waals surface area contributed by atoms with Crippen molar-refractivity contribution in [2.45, 2.75) is 0 Å². The normalized spacial score (nSPS) is 0. The molecule has 0 nitrogen and oxygen atoms in total. The summed E-state index contributed by atoms with van der Waals surface area (Å²) in [6.07, 6.45) is 0. The van der Waals surface area contributed by atoms with Gasteiger partial charge in [-0.15, -0.1) is 0 Å². The Morgan fingerprint density at radius 3 is 1.00 bits per heavy atom. The summed E-state index contributed by atoms with van der Waals surface area (Å²) in [6, 6.07) is 0. The Hall–Kier alpha value is 3.55. The van der Waals surface area contributed by atoms with Gasteiger partial charge < -0.3 is 0 Å². The first-order chi connectivity index (χ1) is 0. The van der Waals surface area contributed by atoms with Crippen molar-refractivity contribution >= 4 is 110 Å². The average Bonchev–Trinajstić information content (AvgIpc) is 0. The fourth-order valence-corrected chi connectivity index (χ4v) is 0. The van der Waals surface area contributed by atoms with Crippen LogP contribution in [0.3, 0.4) is 0 Å². The summed E-state index contributed by atoms with van der Waals surface area (Å²) in [5, 5.41) is 0. The maximum atomic E-state index is 0. The van der Waals surface area contributed by atoms with Gasteiger partial charge in [-0.2, -0.15) is 0 Å². The van der Waals surface area contributed by atoms with Gasteiger partial charge >= 0.3 is 110 Å². The van der Waals surface area contributed by atoms with Gasteiger partial charge in [0.25, 0.3) is 0 Å². The third kappa shape index (κ3) is 9.11. The maximum absolute atomic E-state index is 0. The molecule has 0 N–H and O–H groups in total. The van der Waals surface area contributed by atoms with E-state index in [4.69, 9.17) is 0 Å². The van der Waals surface area contributed by atoms with Crippen LogP contribution in [0.15, 0.2) is 0 Å². The molecule has 0 bridgehead atoms. The number of hydrogen-bond donors (Lipinski definition) is 0. The second kappa shape index (κ2) is 16.0. The summed E-state index contributed by atoms with van der Waals surface area (Å²) >= 11 is 0. The SMILES string of the molecule is [BaH2].[GaH3].[SbH3].[SeH2]. The Morgan fingerprint density at radius 2 is 1.00 bits per heavy atom. The van der Waals surface area contributed by atoms with Crippen LogP contribution in [-0.2, 0) is 0 Å². The Balaban J connectivity index is 0. The Kier molecular flexibility index (Phi) is 103. The van der Waals surface area contributed by atoms with E-state index in [1.165, 1.54) is 0 Å². The van der Waals surface area contributed by atoms with Crippen LogP contribution >= 0.6 is 0 Å². The topological polar surface area (TPSA) is 0 Å². The van der Waals surface area contributed by atoms with Gasteiger partial charge in [0, 0.05) is 0 Å².